The molecule has 0 aromatic heterocycles. The van der Waals surface area contributed by atoms with Crippen LogP contribution in [0.1, 0.15) is 44.5 Å². The second-order valence-corrected chi connectivity index (χ2v) is 6.64. The maximum atomic E-state index is 12.8. The third-order valence-electron chi connectivity index (χ3n) is 4.39. The molecule has 0 saturated carbocycles. The van der Waals surface area contributed by atoms with Crippen molar-refractivity contribution in [3.8, 4) is 11.5 Å². The van der Waals surface area contributed by atoms with Crippen molar-refractivity contribution >= 4 is 5.91 Å². The molecular weight excluding hydrogens is 292 g/mol. The number of ether oxygens (including phenoxy) is 2. The molecule has 1 saturated heterocycles. The van der Waals surface area contributed by atoms with Crippen molar-refractivity contribution in [3.05, 3.63) is 23.8 Å². The standard InChI is InChI=1S/C18H28N2O3/c1-5-22-14-8-7-13(11-15(14)23-6-2)17(21)20-10-9-16(19)18(3,4)12-20/h7-8,11,16H,5-6,9-10,12,19H2,1-4H3. The SMILES string of the molecule is CCOc1ccc(C(=O)N2CCC(N)C(C)(C)C2)cc1OCC. The second kappa shape index (κ2) is 7.21. The van der Waals surface area contributed by atoms with Crippen LogP contribution in [0, 0.1) is 5.41 Å². The van der Waals surface area contributed by atoms with Crippen molar-refractivity contribution < 1.29 is 14.3 Å². The zero-order valence-electron chi connectivity index (χ0n) is 14.6. The first-order valence-electron chi connectivity index (χ1n) is 8.33. The third kappa shape index (κ3) is 3.96. The van der Waals surface area contributed by atoms with Gasteiger partial charge in [0.25, 0.3) is 5.91 Å². The van der Waals surface area contributed by atoms with Gasteiger partial charge in [0.15, 0.2) is 11.5 Å². The largest absolute Gasteiger partial charge is 0.490 e. The Labute approximate surface area is 138 Å². The summed E-state index contributed by atoms with van der Waals surface area (Å²) in [6, 6.07) is 5.52. The van der Waals surface area contributed by atoms with Gasteiger partial charge in [0.2, 0.25) is 0 Å². The predicted octanol–water partition coefficient (Wildman–Crippen LogP) is 2.68. The molecule has 0 radical (unpaired) electrons. The highest BCUT2D eigenvalue weighted by molar-refractivity contribution is 5.95. The first-order valence-corrected chi connectivity index (χ1v) is 8.33. The summed E-state index contributed by atoms with van der Waals surface area (Å²) in [5.74, 6) is 1.31. The average Bonchev–Trinajstić information content (AvgIpc) is 2.51. The number of likely N-dealkylation sites (tertiary alicyclic amines) is 1. The van der Waals surface area contributed by atoms with Crippen molar-refractivity contribution in [2.45, 2.75) is 40.2 Å². The number of carbonyl (C=O) groups is 1. The molecule has 1 unspecified atom stereocenters. The van der Waals surface area contributed by atoms with Gasteiger partial charge in [-0.1, -0.05) is 13.8 Å². The van der Waals surface area contributed by atoms with Crippen LogP contribution in [0.5, 0.6) is 11.5 Å². The molecule has 5 heteroatoms. The summed E-state index contributed by atoms with van der Waals surface area (Å²) in [7, 11) is 0. The van der Waals surface area contributed by atoms with Crippen LogP contribution in [0.4, 0.5) is 0 Å². The van der Waals surface area contributed by atoms with Crippen LogP contribution in [0.25, 0.3) is 0 Å². The molecule has 1 aliphatic heterocycles. The lowest BCUT2D eigenvalue weighted by molar-refractivity contribution is 0.0532. The summed E-state index contributed by atoms with van der Waals surface area (Å²) >= 11 is 0. The van der Waals surface area contributed by atoms with E-state index in [1.54, 1.807) is 12.1 Å². The van der Waals surface area contributed by atoms with E-state index in [2.05, 4.69) is 13.8 Å². The molecule has 128 valence electrons. The van der Waals surface area contributed by atoms with Gasteiger partial charge in [-0.15, -0.1) is 0 Å². The first-order chi connectivity index (χ1) is 10.9. The molecule has 0 spiro atoms. The summed E-state index contributed by atoms with van der Waals surface area (Å²) < 4.78 is 11.2. The summed E-state index contributed by atoms with van der Waals surface area (Å²) in [6.45, 7) is 10.5. The lowest BCUT2D eigenvalue weighted by Gasteiger charge is -2.42. The van der Waals surface area contributed by atoms with Crippen LogP contribution in [0.2, 0.25) is 0 Å². The van der Waals surface area contributed by atoms with Gasteiger partial charge in [-0.2, -0.15) is 0 Å². The molecule has 1 atom stereocenters. The summed E-state index contributed by atoms with van der Waals surface area (Å²) in [5.41, 5.74) is 6.72. The number of hydrogen-bond acceptors (Lipinski definition) is 4. The van der Waals surface area contributed by atoms with Gasteiger partial charge in [-0.3, -0.25) is 4.79 Å². The topological polar surface area (TPSA) is 64.8 Å². The van der Waals surface area contributed by atoms with Crippen LogP contribution < -0.4 is 15.2 Å². The van der Waals surface area contributed by atoms with E-state index in [0.717, 1.165) is 6.42 Å². The monoisotopic (exact) mass is 320 g/mol. The van der Waals surface area contributed by atoms with Crippen molar-refractivity contribution in [2.24, 2.45) is 11.1 Å². The molecule has 5 nitrogen and oxygen atoms in total. The van der Waals surface area contributed by atoms with Crippen LogP contribution in [-0.4, -0.2) is 43.2 Å². The molecular formula is C18H28N2O3. The lowest BCUT2D eigenvalue weighted by Crippen LogP contribution is -2.54. The normalized spacial score (nSPS) is 20.2. The number of rotatable bonds is 5. The Morgan fingerprint density at radius 1 is 1.26 bits per heavy atom. The molecule has 1 aliphatic rings. The van der Waals surface area contributed by atoms with Crippen molar-refractivity contribution in [2.75, 3.05) is 26.3 Å². The number of amides is 1. The molecule has 1 fully saturated rings. The van der Waals surface area contributed by atoms with Gasteiger partial charge in [-0.05, 0) is 43.9 Å². The van der Waals surface area contributed by atoms with E-state index in [4.69, 9.17) is 15.2 Å². The van der Waals surface area contributed by atoms with Crippen LogP contribution in [0.15, 0.2) is 18.2 Å². The molecule has 1 aromatic carbocycles. The lowest BCUT2D eigenvalue weighted by atomic mass is 9.79. The molecule has 1 amide bonds. The highest BCUT2D eigenvalue weighted by atomic mass is 16.5. The maximum Gasteiger partial charge on any atom is 0.254 e. The summed E-state index contributed by atoms with van der Waals surface area (Å²) in [4.78, 5) is 14.7. The maximum absolute atomic E-state index is 12.8. The summed E-state index contributed by atoms with van der Waals surface area (Å²) in [6.07, 6.45) is 0.827. The van der Waals surface area contributed by atoms with Gasteiger partial charge in [0, 0.05) is 24.7 Å². The minimum Gasteiger partial charge on any atom is -0.490 e. The van der Waals surface area contributed by atoms with E-state index in [1.807, 2.05) is 24.8 Å². The van der Waals surface area contributed by atoms with E-state index >= 15 is 0 Å². The van der Waals surface area contributed by atoms with E-state index in [1.165, 1.54) is 0 Å². The van der Waals surface area contributed by atoms with Crippen LogP contribution in [-0.2, 0) is 0 Å². The Balaban J connectivity index is 2.20. The Morgan fingerprint density at radius 2 is 1.91 bits per heavy atom. The average molecular weight is 320 g/mol. The number of benzene rings is 1. The van der Waals surface area contributed by atoms with Gasteiger partial charge >= 0.3 is 0 Å². The quantitative estimate of drug-likeness (QED) is 0.906. The minimum atomic E-state index is -0.0675. The second-order valence-electron chi connectivity index (χ2n) is 6.64. The molecule has 0 aliphatic carbocycles. The number of hydrogen-bond donors (Lipinski definition) is 1. The Hall–Kier alpha value is -1.75. The number of nitrogens with two attached hydrogens (primary N) is 1. The Bertz CT molecular complexity index is 557. The van der Waals surface area contributed by atoms with Crippen molar-refractivity contribution in [1.29, 1.82) is 0 Å². The molecule has 1 heterocycles. The number of carbonyl (C=O) groups excluding carboxylic acids is 1. The van der Waals surface area contributed by atoms with Gasteiger partial charge in [0.1, 0.15) is 0 Å². The predicted molar refractivity (Wildman–Crippen MR) is 91.1 cm³/mol. The molecule has 1 aromatic rings. The fourth-order valence-electron chi connectivity index (χ4n) is 2.91. The highest BCUT2D eigenvalue weighted by Crippen LogP contribution is 2.31. The van der Waals surface area contributed by atoms with E-state index in [-0.39, 0.29) is 17.4 Å². The fraction of sp³-hybridized carbons (Fsp3) is 0.611. The zero-order valence-corrected chi connectivity index (χ0v) is 14.6. The van der Waals surface area contributed by atoms with Crippen LogP contribution >= 0.6 is 0 Å². The fourth-order valence-corrected chi connectivity index (χ4v) is 2.91. The number of nitrogens with zero attached hydrogens (tertiary/aromatic N) is 1. The van der Waals surface area contributed by atoms with Gasteiger partial charge < -0.3 is 20.1 Å². The molecule has 2 N–H and O–H groups in total. The Kier molecular flexibility index (Phi) is 5.52. The summed E-state index contributed by atoms with van der Waals surface area (Å²) in [5, 5.41) is 0. The van der Waals surface area contributed by atoms with Gasteiger partial charge in [-0.25, -0.2) is 0 Å². The third-order valence-corrected chi connectivity index (χ3v) is 4.39. The highest BCUT2D eigenvalue weighted by Gasteiger charge is 2.35. The molecule has 0 bridgehead atoms. The molecule has 2 rings (SSSR count). The van der Waals surface area contributed by atoms with Gasteiger partial charge in [0.05, 0.1) is 13.2 Å². The van der Waals surface area contributed by atoms with E-state index in [9.17, 15) is 4.79 Å². The van der Waals surface area contributed by atoms with Crippen LogP contribution in [0.3, 0.4) is 0 Å². The van der Waals surface area contributed by atoms with E-state index < -0.39 is 0 Å². The minimum absolute atomic E-state index is 0.0222. The Morgan fingerprint density at radius 3 is 2.52 bits per heavy atom. The van der Waals surface area contributed by atoms with Crippen molar-refractivity contribution in [1.82, 2.24) is 4.90 Å². The zero-order chi connectivity index (χ0) is 17.0. The van der Waals surface area contributed by atoms with Crippen molar-refractivity contribution in [3.63, 3.8) is 0 Å². The molecule has 23 heavy (non-hydrogen) atoms. The first kappa shape index (κ1) is 17.6. The smallest absolute Gasteiger partial charge is 0.254 e. The van der Waals surface area contributed by atoms with E-state index in [0.29, 0.717) is 43.4 Å². The number of piperidine rings is 1.